The first-order valence-corrected chi connectivity index (χ1v) is 7.41. The molecule has 4 atom stereocenters. The first-order chi connectivity index (χ1) is 8.28. The molecule has 0 saturated heterocycles. The average Bonchev–Trinajstić information content (AvgIpc) is 2.59. The fourth-order valence-corrected chi connectivity index (χ4v) is 3.57. The summed E-state index contributed by atoms with van der Waals surface area (Å²) in [6.07, 6.45) is 4.32. The lowest BCUT2D eigenvalue weighted by Gasteiger charge is -2.40. The molecule has 0 amide bonds. The molecular weight excluding hydrogens is 319 g/mol. The van der Waals surface area contributed by atoms with Gasteiger partial charge in [-0.1, -0.05) is 15.9 Å². The number of ether oxygens (including phenoxy) is 2. The van der Waals surface area contributed by atoms with Gasteiger partial charge in [0.15, 0.2) is 0 Å². The molecule has 1 heterocycles. The lowest BCUT2D eigenvalue weighted by molar-refractivity contribution is -0.187. The number of rotatable bonds is 2. The van der Waals surface area contributed by atoms with E-state index >= 15 is 0 Å². The van der Waals surface area contributed by atoms with Gasteiger partial charge in [0.1, 0.15) is 0 Å². The molecule has 0 aromatic carbocycles. The van der Waals surface area contributed by atoms with Gasteiger partial charge in [0.25, 0.3) is 0 Å². The van der Waals surface area contributed by atoms with E-state index in [-0.39, 0.29) is 21.6 Å². The van der Waals surface area contributed by atoms with E-state index in [2.05, 4.69) is 15.9 Å². The zero-order valence-corrected chi connectivity index (χ0v) is 13.2. The van der Waals surface area contributed by atoms with Gasteiger partial charge in [-0.25, -0.2) is 4.79 Å². The van der Waals surface area contributed by atoms with Crippen LogP contribution >= 0.6 is 27.5 Å². The van der Waals surface area contributed by atoms with Gasteiger partial charge in [-0.05, 0) is 32.1 Å². The fraction of sp³-hybridized carbons (Fsp3) is 0.769. The van der Waals surface area contributed by atoms with Crippen LogP contribution in [0.2, 0.25) is 0 Å². The Morgan fingerprint density at radius 3 is 2.78 bits per heavy atom. The average molecular weight is 338 g/mol. The highest BCUT2D eigenvalue weighted by Crippen LogP contribution is 2.47. The van der Waals surface area contributed by atoms with E-state index in [1.807, 2.05) is 6.92 Å². The maximum atomic E-state index is 11.5. The Balaban J connectivity index is 2.18. The van der Waals surface area contributed by atoms with Crippen molar-refractivity contribution in [2.24, 2.45) is 5.92 Å². The van der Waals surface area contributed by atoms with Crippen LogP contribution in [0.25, 0.3) is 0 Å². The number of alkyl halides is 2. The summed E-state index contributed by atoms with van der Waals surface area (Å²) < 4.78 is 10.6. The summed E-state index contributed by atoms with van der Waals surface area (Å²) in [6.45, 7) is 3.84. The van der Waals surface area contributed by atoms with Crippen LogP contribution in [0.15, 0.2) is 11.6 Å². The van der Waals surface area contributed by atoms with E-state index in [0.717, 1.165) is 24.8 Å². The molecule has 0 aromatic heterocycles. The van der Waals surface area contributed by atoms with Gasteiger partial charge in [-0.3, -0.25) is 0 Å². The second kappa shape index (κ2) is 4.80. The summed E-state index contributed by atoms with van der Waals surface area (Å²) in [4.78, 5) is 11.5. The SMILES string of the molecule is CO[C@]1(C)OC(=O)C=C1C1CCC(C)(Cl)C(Br)C1. The molecular formula is C13H18BrClO3. The van der Waals surface area contributed by atoms with Crippen LogP contribution in [0, 0.1) is 5.92 Å². The topological polar surface area (TPSA) is 35.5 Å². The summed E-state index contributed by atoms with van der Waals surface area (Å²) in [5, 5.41) is 0. The molecule has 1 saturated carbocycles. The van der Waals surface area contributed by atoms with E-state index in [4.69, 9.17) is 21.1 Å². The Hall–Kier alpha value is -0.0600. The lowest BCUT2D eigenvalue weighted by Crippen LogP contribution is -2.40. The molecule has 2 aliphatic rings. The number of hydrogen-bond donors (Lipinski definition) is 0. The van der Waals surface area contributed by atoms with Gasteiger partial charge in [0, 0.05) is 30.5 Å². The van der Waals surface area contributed by atoms with Crippen LogP contribution in [-0.4, -0.2) is 28.6 Å². The van der Waals surface area contributed by atoms with Crippen molar-refractivity contribution >= 4 is 33.5 Å². The van der Waals surface area contributed by atoms with Crippen LogP contribution in [0.4, 0.5) is 0 Å². The zero-order valence-electron chi connectivity index (χ0n) is 10.8. The Kier molecular flexibility index (Phi) is 3.83. The molecule has 102 valence electrons. The molecule has 1 fully saturated rings. The van der Waals surface area contributed by atoms with Gasteiger partial charge >= 0.3 is 5.97 Å². The molecule has 5 heteroatoms. The van der Waals surface area contributed by atoms with Crippen molar-refractivity contribution in [2.45, 2.75) is 48.6 Å². The zero-order chi connectivity index (χ0) is 13.6. The summed E-state index contributed by atoms with van der Waals surface area (Å²) >= 11 is 10.1. The van der Waals surface area contributed by atoms with Crippen LogP contribution < -0.4 is 0 Å². The van der Waals surface area contributed by atoms with E-state index < -0.39 is 5.79 Å². The molecule has 3 nitrogen and oxygen atoms in total. The van der Waals surface area contributed by atoms with Crippen molar-refractivity contribution in [3.63, 3.8) is 0 Å². The second-order valence-electron chi connectivity index (χ2n) is 5.39. The normalized spacial score (nSPS) is 44.7. The van der Waals surface area contributed by atoms with Crippen molar-refractivity contribution in [1.82, 2.24) is 0 Å². The monoisotopic (exact) mass is 336 g/mol. The summed E-state index contributed by atoms with van der Waals surface area (Å²) in [6, 6.07) is 0. The van der Waals surface area contributed by atoms with Crippen molar-refractivity contribution in [1.29, 1.82) is 0 Å². The minimum Gasteiger partial charge on any atom is -0.426 e. The Morgan fingerprint density at radius 1 is 1.56 bits per heavy atom. The van der Waals surface area contributed by atoms with Crippen LogP contribution in [0.1, 0.15) is 33.1 Å². The number of carbonyl (C=O) groups is 1. The molecule has 0 aromatic rings. The van der Waals surface area contributed by atoms with Crippen molar-refractivity contribution < 1.29 is 14.3 Å². The summed E-state index contributed by atoms with van der Waals surface area (Å²) in [5.41, 5.74) is 0.937. The van der Waals surface area contributed by atoms with Crippen LogP contribution in [-0.2, 0) is 14.3 Å². The third-order valence-electron chi connectivity index (χ3n) is 4.05. The smallest absolute Gasteiger partial charge is 0.333 e. The molecule has 0 N–H and O–H groups in total. The van der Waals surface area contributed by atoms with Crippen molar-refractivity contribution in [3.8, 4) is 0 Å². The maximum absolute atomic E-state index is 11.5. The molecule has 1 aliphatic heterocycles. The number of carbonyl (C=O) groups excluding carboxylic acids is 1. The number of methoxy groups -OCH3 is 1. The van der Waals surface area contributed by atoms with E-state index in [0.29, 0.717) is 0 Å². The van der Waals surface area contributed by atoms with Gasteiger partial charge in [-0.15, -0.1) is 11.6 Å². The third kappa shape index (κ3) is 2.47. The van der Waals surface area contributed by atoms with Crippen molar-refractivity contribution in [3.05, 3.63) is 11.6 Å². The van der Waals surface area contributed by atoms with Gasteiger partial charge in [0.2, 0.25) is 5.79 Å². The minimum atomic E-state index is -0.908. The largest absolute Gasteiger partial charge is 0.426 e. The Labute approximate surface area is 121 Å². The summed E-state index contributed by atoms with van der Waals surface area (Å²) in [5.74, 6) is -0.952. The van der Waals surface area contributed by atoms with E-state index in [1.165, 1.54) is 0 Å². The molecule has 18 heavy (non-hydrogen) atoms. The quantitative estimate of drug-likeness (QED) is 0.572. The lowest BCUT2D eigenvalue weighted by atomic mass is 9.76. The fourth-order valence-electron chi connectivity index (χ4n) is 2.70. The van der Waals surface area contributed by atoms with Gasteiger partial charge in [0.05, 0.1) is 4.87 Å². The molecule has 1 aliphatic carbocycles. The molecule has 3 unspecified atom stereocenters. The second-order valence-corrected chi connectivity index (χ2v) is 7.36. The van der Waals surface area contributed by atoms with Crippen LogP contribution in [0.5, 0.6) is 0 Å². The van der Waals surface area contributed by atoms with Gasteiger partial charge in [-0.2, -0.15) is 0 Å². The third-order valence-corrected chi connectivity index (χ3v) is 6.15. The Bertz CT molecular complexity index is 394. The first-order valence-electron chi connectivity index (χ1n) is 6.11. The van der Waals surface area contributed by atoms with Gasteiger partial charge < -0.3 is 9.47 Å². The maximum Gasteiger partial charge on any atom is 0.333 e. The Morgan fingerprint density at radius 2 is 2.22 bits per heavy atom. The highest BCUT2D eigenvalue weighted by molar-refractivity contribution is 9.09. The van der Waals surface area contributed by atoms with Crippen LogP contribution in [0.3, 0.4) is 0 Å². The number of halogens is 2. The van der Waals surface area contributed by atoms with E-state index in [9.17, 15) is 4.79 Å². The predicted octanol–water partition coefficient (Wildman–Crippen LogP) is 3.39. The highest BCUT2D eigenvalue weighted by Gasteiger charge is 2.46. The molecule has 0 radical (unpaired) electrons. The van der Waals surface area contributed by atoms with E-state index in [1.54, 1.807) is 20.1 Å². The molecule has 2 rings (SSSR count). The molecule has 0 bridgehead atoms. The number of esters is 1. The highest BCUT2D eigenvalue weighted by atomic mass is 79.9. The minimum absolute atomic E-state index is 0.218. The number of cyclic esters (lactones) is 1. The standard InChI is InChI=1S/C13H18BrClO3/c1-12(15)5-4-8(6-10(12)14)9-7-11(16)18-13(9,2)17-3/h7-8,10H,4-6H2,1-3H3/t8?,10?,12?,13-/m1/s1. The molecule has 0 spiro atoms. The number of hydrogen-bond acceptors (Lipinski definition) is 3. The first kappa shape index (κ1) is 14.4. The summed E-state index contributed by atoms with van der Waals surface area (Å²) in [7, 11) is 1.56. The predicted molar refractivity (Wildman–Crippen MR) is 73.9 cm³/mol. The van der Waals surface area contributed by atoms with Crippen molar-refractivity contribution in [2.75, 3.05) is 7.11 Å².